The second kappa shape index (κ2) is 5.66. The van der Waals surface area contributed by atoms with Gasteiger partial charge in [0.1, 0.15) is 9.88 Å². The molecule has 0 aliphatic carbocycles. The zero-order valence-electron chi connectivity index (χ0n) is 11.9. The Labute approximate surface area is 136 Å². The zero-order valence-corrected chi connectivity index (χ0v) is 13.5. The molecule has 4 rings (SSSR count). The molecule has 2 aromatic heterocycles. The number of nitrogens with zero attached hydrogens (tertiary/aromatic N) is 2. The van der Waals surface area contributed by atoms with Gasteiger partial charge in [-0.2, -0.15) is 0 Å². The molecule has 0 N–H and O–H groups in total. The molecule has 1 aliphatic heterocycles. The van der Waals surface area contributed by atoms with E-state index in [-0.39, 0.29) is 5.91 Å². The van der Waals surface area contributed by atoms with Crippen LogP contribution in [0.2, 0.25) is 0 Å². The molecule has 0 fully saturated rings. The van der Waals surface area contributed by atoms with Crippen LogP contribution < -0.4 is 0 Å². The molecular formula is C17H14N2OS2. The quantitative estimate of drug-likeness (QED) is 0.711. The summed E-state index contributed by atoms with van der Waals surface area (Å²) in [5.41, 5.74) is 2.35. The Kier molecular flexibility index (Phi) is 3.52. The van der Waals surface area contributed by atoms with Crippen molar-refractivity contribution in [2.75, 3.05) is 6.54 Å². The maximum atomic E-state index is 12.7. The van der Waals surface area contributed by atoms with Crippen LogP contribution in [0.3, 0.4) is 0 Å². The van der Waals surface area contributed by atoms with E-state index in [1.807, 2.05) is 35.2 Å². The lowest BCUT2D eigenvalue weighted by Gasteiger charge is -2.26. The van der Waals surface area contributed by atoms with Crippen molar-refractivity contribution >= 4 is 28.6 Å². The van der Waals surface area contributed by atoms with Crippen molar-refractivity contribution in [3.63, 3.8) is 0 Å². The maximum absolute atomic E-state index is 12.7. The summed E-state index contributed by atoms with van der Waals surface area (Å²) in [6.45, 7) is 1.52. The summed E-state index contributed by atoms with van der Waals surface area (Å²) >= 11 is 3.26. The van der Waals surface area contributed by atoms with Crippen LogP contribution in [-0.2, 0) is 13.0 Å². The third kappa shape index (κ3) is 2.46. The summed E-state index contributed by atoms with van der Waals surface area (Å²) in [4.78, 5) is 21.1. The van der Waals surface area contributed by atoms with Crippen LogP contribution in [0, 0.1) is 0 Å². The fourth-order valence-electron chi connectivity index (χ4n) is 2.66. The Morgan fingerprint density at radius 1 is 1.18 bits per heavy atom. The Balaban J connectivity index is 1.56. The van der Waals surface area contributed by atoms with Gasteiger partial charge in [0.05, 0.1) is 6.20 Å². The monoisotopic (exact) mass is 326 g/mol. The molecule has 0 spiro atoms. The molecule has 0 saturated carbocycles. The molecule has 0 unspecified atom stereocenters. The highest BCUT2D eigenvalue weighted by molar-refractivity contribution is 7.16. The van der Waals surface area contributed by atoms with Crippen molar-refractivity contribution in [1.29, 1.82) is 0 Å². The number of carbonyl (C=O) groups is 1. The molecule has 3 heterocycles. The fraction of sp³-hybridized carbons (Fsp3) is 0.176. The number of thiazole rings is 1. The molecule has 0 atom stereocenters. The summed E-state index contributed by atoms with van der Waals surface area (Å²) in [6.07, 6.45) is 2.67. The van der Waals surface area contributed by atoms with Crippen LogP contribution in [-0.4, -0.2) is 22.3 Å². The van der Waals surface area contributed by atoms with Gasteiger partial charge < -0.3 is 4.90 Å². The largest absolute Gasteiger partial charge is 0.333 e. The normalized spacial score (nSPS) is 13.9. The first-order chi connectivity index (χ1) is 10.8. The molecule has 110 valence electrons. The average Bonchev–Trinajstić information content (AvgIpc) is 3.23. The highest BCUT2D eigenvalue weighted by Crippen LogP contribution is 2.28. The van der Waals surface area contributed by atoms with E-state index in [9.17, 15) is 4.79 Å². The fourth-order valence-corrected chi connectivity index (χ4v) is 4.44. The first-order valence-electron chi connectivity index (χ1n) is 7.17. The maximum Gasteiger partial charge on any atom is 0.265 e. The third-order valence-corrected chi connectivity index (χ3v) is 5.89. The Hall–Kier alpha value is -1.98. The molecule has 22 heavy (non-hydrogen) atoms. The number of aromatic nitrogens is 1. The summed E-state index contributed by atoms with van der Waals surface area (Å²) in [5, 5.41) is 3.01. The van der Waals surface area contributed by atoms with E-state index in [0.29, 0.717) is 0 Å². The smallest absolute Gasteiger partial charge is 0.265 e. The minimum atomic E-state index is 0.0940. The van der Waals surface area contributed by atoms with Crippen molar-refractivity contribution in [2.24, 2.45) is 0 Å². The van der Waals surface area contributed by atoms with Crippen LogP contribution in [0.15, 0.2) is 48.0 Å². The Bertz CT molecular complexity index is 807. The van der Waals surface area contributed by atoms with Crippen molar-refractivity contribution in [3.05, 3.63) is 63.3 Å². The molecule has 5 heteroatoms. The van der Waals surface area contributed by atoms with E-state index in [0.717, 1.165) is 35.0 Å². The minimum Gasteiger partial charge on any atom is -0.333 e. The lowest BCUT2D eigenvalue weighted by atomic mass is 10.1. The van der Waals surface area contributed by atoms with Crippen LogP contribution in [0.5, 0.6) is 0 Å². The summed E-state index contributed by atoms with van der Waals surface area (Å²) in [6, 6.07) is 12.1. The van der Waals surface area contributed by atoms with E-state index in [2.05, 4.69) is 16.4 Å². The molecule has 0 bridgehead atoms. The van der Waals surface area contributed by atoms with Gasteiger partial charge in [-0.3, -0.25) is 4.79 Å². The van der Waals surface area contributed by atoms with Crippen LogP contribution in [0.4, 0.5) is 0 Å². The lowest BCUT2D eigenvalue weighted by molar-refractivity contribution is 0.0740. The van der Waals surface area contributed by atoms with Crippen molar-refractivity contribution in [3.8, 4) is 10.6 Å². The van der Waals surface area contributed by atoms with Gasteiger partial charge in [0.2, 0.25) is 0 Å². The van der Waals surface area contributed by atoms with Gasteiger partial charge in [0.15, 0.2) is 0 Å². The number of benzene rings is 1. The molecule has 3 aromatic rings. The Morgan fingerprint density at radius 3 is 2.91 bits per heavy atom. The highest BCUT2D eigenvalue weighted by Gasteiger charge is 2.24. The number of rotatable bonds is 2. The second-order valence-electron chi connectivity index (χ2n) is 5.24. The first kappa shape index (κ1) is 13.7. The molecule has 0 radical (unpaired) electrons. The van der Waals surface area contributed by atoms with Crippen LogP contribution in [0.1, 0.15) is 20.1 Å². The van der Waals surface area contributed by atoms with E-state index in [1.165, 1.54) is 21.8 Å². The number of hydrogen-bond acceptors (Lipinski definition) is 4. The average molecular weight is 326 g/mol. The second-order valence-corrected chi connectivity index (χ2v) is 7.27. The summed E-state index contributed by atoms with van der Waals surface area (Å²) < 4.78 is 0. The van der Waals surface area contributed by atoms with Gasteiger partial charge >= 0.3 is 0 Å². The summed E-state index contributed by atoms with van der Waals surface area (Å²) in [7, 11) is 0. The minimum absolute atomic E-state index is 0.0940. The van der Waals surface area contributed by atoms with E-state index in [1.54, 1.807) is 17.5 Å². The Morgan fingerprint density at radius 2 is 2.05 bits per heavy atom. The van der Waals surface area contributed by atoms with E-state index >= 15 is 0 Å². The molecular weight excluding hydrogens is 312 g/mol. The van der Waals surface area contributed by atoms with E-state index < -0.39 is 0 Å². The molecule has 1 aliphatic rings. The molecule has 3 nitrogen and oxygen atoms in total. The number of fused-ring (bicyclic) bond motifs is 1. The molecule has 0 saturated heterocycles. The predicted molar refractivity (Wildman–Crippen MR) is 90.3 cm³/mol. The van der Waals surface area contributed by atoms with Crippen LogP contribution in [0.25, 0.3) is 10.6 Å². The van der Waals surface area contributed by atoms with Crippen molar-refractivity contribution in [1.82, 2.24) is 9.88 Å². The molecule has 1 aromatic carbocycles. The van der Waals surface area contributed by atoms with Crippen LogP contribution >= 0.6 is 22.7 Å². The number of carbonyl (C=O) groups excluding carboxylic acids is 1. The SMILES string of the molecule is O=C(c1cnc(-c2ccccc2)s1)N1CCc2sccc2C1. The van der Waals surface area contributed by atoms with Gasteiger partial charge in [-0.1, -0.05) is 30.3 Å². The van der Waals surface area contributed by atoms with Gasteiger partial charge in [0.25, 0.3) is 5.91 Å². The number of amides is 1. The van der Waals surface area contributed by atoms with Crippen molar-refractivity contribution < 1.29 is 4.79 Å². The third-order valence-electron chi connectivity index (χ3n) is 3.83. The number of thiophene rings is 1. The lowest BCUT2D eigenvalue weighted by Crippen LogP contribution is -2.34. The van der Waals surface area contributed by atoms with Gasteiger partial charge in [-0.15, -0.1) is 22.7 Å². The number of hydrogen-bond donors (Lipinski definition) is 0. The molecule has 1 amide bonds. The van der Waals surface area contributed by atoms with E-state index in [4.69, 9.17) is 0 Å². The summed E-state index contributed by atoms with van der Waals surface area (Å²) in [5.74, 6) is 0.0940. The highest BCUT2D eigenvalue weighted by atomic mass is 32.1. The predicted octanol–water partition coefficient (Wildman–Crippen LogP) is 4.07. The topological polar surface area (TPSA) is 33.2 Å². The first-order valence-corrected chi connectivity index (χ1v) is 8.86. The standard InChI is InChI=1S/C17H14N2OS2/c20-17(19-8-6-14-13(11-19)7-9-21-14)15-10-18-16(22-15)12-4-2-1-3-5-12/h1-5,7,9-10H,6,8,11H2. The van der Waals surface area contributed by atoms with Gasteiger partial charge in [0, 0.05) is 23.5 Å². The van der Waals surface area contributed by atoms with Crippen molar-refractivity contribution in [2.45, 2.75) is 13.0 Å². The van der Waals surface area contributed by atoms with Gasteiger partial charge in [-0.25, -0.2) is 4.98 Å². The zero-order chi connectivity index (χ0) is 14.9. The van der Waals surface area contributed by atoms with Gasteiger partial charge in [-0.05, 0) is 23.4 Å².